The number of benzene rings is 1. The third-order valence-electron chi connectivity index (χ3n) is 3.92. The van der Waals surface area contributed by atoms with E-state index in [1.165, 1.54) is 5.56 Å². The summed E-state index contributed by atoms with van der Waals surface area (Å²) in [6.07, 6.45) is 2.42. The van der Waals surface area contributed by atoms with Crippen molar-refractivity contribution in [2.24, 2.45) is 5.92 Å². The van der Waals surface area contributed by atoms with Crippen LogP contribution in [0.25, 0.3) is 0 Å². The van der Waals surface area contributed by atoms with Crippen molar-refractivity contribution in [2.45, 2.75) is 47.0 Å². The molecule has 1 aromatic heterocycles. The Labute approximate surface area is 137 Å². The molecule has 0 radical (unpaired) electrons. The second-order valence-corrected chi connectivity index (χ2v) is 6.63. The molecule has 4 heteroatoms. The van der Waals surface area contributed by atoms with Gasteiger partial charge in [-0.3, -0.25) is 4.79 Å². The van der Waals surface area contributed by atoms with Crippen LogP contribution in [0.2, 0.25) is 5.02 Å². The SMILES string of the molecule is Cc1nn(C(=O)Cc2ccc(Cl)cc2)c(C)c1CCC(C)C. The van der Waals surface area contributed by atoms with Gasteiger partial charge in [-0.05, 0) is 55.9 Å². The molecule has 0 unspecified atom stereocenters. The van der Waals surface area contributed by atoms with Crippen molar-refractivity contribution in [1.82, 2.24) is 9.78 Å². The molecule has 0 aliphatic rings. The number of halogens is 1. The smallest absolute Gasteiger partial charge is 0.251 e. The van der Waals surface area contributed by atoms with Gasteiger partial charge in [0.25, 0.3) is 5.91 Å². The van der Waals surface area contributed by atoms with Crippen LogP contribution < -0.4 is 0 Å². The van der Waals surface area contributed by atoms with E-state index >= 15 is 0 Å². The van der Waals surface area contributed by atoms with Crippen molar-refractivity contribution >= 4 is 17.5 Å². The van der Waals surface area contributed by atoms with Gasteiger partial charge in [-0.2, -0.15) is 5.10 Å². The minimum Gasteiger partial charge on any atom is -0.272 e. The standard InChI is InChI=1S/C18H23ClN2O/c1-12(2)5-10-17-13(3)20-21(14(17)4)18(22)11-15-6-8-16(19)9-7-15/h6-9,12H,5,10-11H2,1-4H3. The summed E-state index contributed by atoms with van der Waals surface area (Å²) >= 11 is 5.87. The summed E-state index contributed by atoms with van der Waals surface area (Å²) < 4.78 is 1.56. The maximum absolute atomic E-state index is 12.5. The van der Waals surface area contributed by atoms with Crippen LogP contribution in [-0.4, -0.2) is 15.7 Å². The van der Waals surface area contributed by atoms with Gasteiger partial charge in [-0.1, -0.05) is 37.6 Å². The highest BCUT2D eigenvalue weighted by Crippen LogP contribution is 2.18. The van der Waals surface area contributed by atoms with Gasteiger partial charge in [0.15, 0.2) is 0 Å². The minimum atomic E-state index is -0.00119. The van der Waals surface area contributed by atoms with E-state index in [-0.39, 0.29) is 5.91 Å². The molecule has 0 aliphatic heterocycles. The highest BCUT2D eigenvalue weighted by molar-refractivity contribution is 6.30. The average Bonchev–Trinajstić information content (AvgIpc) is 2.74. The fourth-order valence-electron chi connectivity index (χ4n) is 2.56. The second-order valence-electron chi connectivity index (χ2n) is 6.19. The summed E-state index contributed by atoms with van der Waals surface area (Å²) in [5, 5.41) is 5.12. The quantitative estimate of drug-likeness (QED) is 0.806. The molecular weight excluding hydrogens is 296 g/mol. The highest BCUT2D eigenvalue weighted by atomic mass is 35.5. The van der Waals surface area contributed by atoms with Crippen LogP contribution in [0.5, 0.6) is 0 Å². The Hall–Kier alpha value is -1.61. The Morgan fingerprint density at radius 2 is 1.86 bits per heavy atom. The average molecular weight is 319 g/mol. The number of hydrogen-bond donors (Lipinski definition) is 0. The zero-order chi connectivity index (χ0) is 16.3. The van der Waals surface area contributed by atoms with Crippen molar-refractivity contribution < 1.29 is 4.79 Å². The van der Waals surface area contributed by atoms with Gasteiger partial charge in [0.1, 0.15) is 0 Å². The van der Waals surface area contributed by atoms with E-state index in [2.05, 4.69) is 18.9 Å². The lowest BCUT2D eigenvalue weighted by Gasteiger charge is -2.06. The molecule has 22 heavy (non-hydrogen) atoms. The second kappa shape index (κ2) is 7.10. The van der Waals surface area contributed by atoms with Crippen LogP contribution in [0.3, 0.4) is 0 Å². The van der Waals surface area contributed by atoms with E-state index in [9.17, 15) is 4.79 Å². The number of aromatic nitrogens is 2. The number of nitrogens with zero attached hydrogens (tertiary/aromatic N) is 2. The molecule has 0 bridgehead atoms. The summed E-state index contributed by atoms with van der Waals surface area (Å²) in [4.78, 5) is 12.5. The van der Waals surface area contributed by atoms with Gasteiger partial charge >= 0.3 is 0 Å². The Morgan fingerprint density at radius 1 is 1.23 bits per heavy atom. The fourth-order valence-corrected chi connectivity index (χ4v) is 2.69. The lowest BCUT2D eigenvalue weighted by atomic mass is 10.0. The molecule has 0 amide bonds. The summed E-state index contributed by atoms with van der Waals surface area (Å²) in [6.45, 7) is 8.38. The molecule has 0 atom stereocenters. The van der Waals surface area contributed by atoms with Crippen LogP contribution in [0.4, 0.5) is 0 Å². The van der Waals surface area contributed by atoms with E-state index in [0.29, 0.717) is 17.4 Å². The van der Waals surface area contributed by atoms with Crippen molar-refractivity contribution in [2.75, 3.05) is 0 Å². The molecular formula is C18H23ClN2O. The topological polar surface area (TPSA) is 34.9 Å². The third kappa shape index (κ3) is 3.98. The predicted octanol–water partition coefficient (Wildman–Crippen LogP) is 4.62. The third-order valence-corrected chi connectivity index (χ3v) is 4.17. The summed E-state index contributed by atoms with van der Waals surface area (Å²) in [5.41, 5.74) is 4.09. The van der Waals surface area contributed by atoms with Gasteiger partial charge in [0.2, 0.25) is 0 Å². The number of aryl methyl sites for hydroxylation is 1. The maximum Gasteiger partial charge on any atom is 0.251 e. The Kier molecular flexibility index (Phi) is 5.41. The lowest BCUT2D eigenvalue weighted by molar-refractivity contribution is 0.0895. The van der Waals surface area contributed by atoms with Crippen LogP contribution in [-0.2, 0) is 12.8 Å². The lowest BCUT2D eigenvalue weighted by Crippen LogP contribution is -2.16. The Morgan fingerprint density at radius 3 is 2.45 bits per heavy atom. The predicted molar refractivity (Wildman–Crippen MR) is 90.6 cm³/mol. The summed E-state index contributed by atoms with van der Waals surface area (Å²) in [6, 6.07) is 7.37. The zero-order valence-corrected chi connectivity index (χ0v) is 14.4. The van der Waals surface area contributed by atoms with Crippen molar-refractivity contribution in [3.05, 3.63) is 51.8 Å². The molecule has 0 aliphatic carbocycles. The zero-order valence-electron chi connectivity index (χ0n) is 13.7. The largest absolute Gasteiger partial charge is 0.272 e. The van der Waals surface area contributed by atoms with Gasteiger partial charge in [0, 0.05) is 10.7 Å². The van der Waals surface area contributed by atoms with Gasteiger partial charge < -0.3 is 0 Å². The number of rotatable bonds is 5. The van der Waals surface area contributed by atoms with Crippen molar-refractivity contribution in [3.63, 3.8) is 0 Å². The molecule has 1 heterocycles. The molecule has 2 rings (SSSR count). The van der Waals surface area contributed by atoms with Crippen molar-refractivity contribution in [1.29, 1.82) is 0 Å². The van der Waals surface area contributed by atoms with E-state index in [4.69, 9.17) is 11.6 Å². The molecule has 0 saturated heterocycles. The molecule has 1 aromatic carbocycles. The molecule has 2 aromatic rings. The van der Waals surface area contributed by atoms with Crippen LogP contribution in [0, 0.1) is 19.8 Å². The van der Waals surface area contributed by atoms with Gasteiger partial charge in [0.05, 0.1) is 12.1 Å². The monoisotopic (exact) mass is 318 g/mol. The summed E-state index contributed by atoms with van der Waals surface area (Å²) in [7, 11) is 0. The van der Waals surface area contributed by atoms with Gasteiger partial charge in [-0.15, -0.1) is 0 Å². The number of carbonyl (C=O) groups is 1. The van der Waals surface area contributed by atoms with E-state index in [1.54, 1.807) is 16.8 Å². The molecule has 0 N–H and O–H groups in total. The molecule has 3 nitrogen and oxygen atoms in total. The van der Waals surface area contributed by atoms with Crippen LogP contribution >= 0.6 is 11.6 Å². The highest BCUT2D eigenvalue weighted by Gasteiger charge is 2.17. The normalized spacial score (nSPS) is 11.2. The molecule has 118 valence electrons. The van der Waals surface area contributed by atoms with Crippen molar-refractivity contribution in [3.8, 4) is 0 Å². The fraction of sp³-hybridized carbons (Fsp3) is 0.444. The maximum atomic E-state index is 12.5. The Bertz CT molecular complexity index is 656. The van der Waals surface area contributed by atoms with E-state index < -0.39 is 0 Å². The minimum absolute atomic E-state index is 0.00119. The molecule has 0 saturated carbocycles. The number of hydrogen-bond acceptors (Lipinski definition) is 2. The molecule has 0 fully saturated rings. The first-order valence-corrected chi connectivity index (χ1v) is 8.09. The first-order valence-electron chi connectivity index (χ1n) is 7.71. The van der Waals surface area contributed by atoms with E-state index in [0.717, 1.165) is 29.8 Å². The van der Waals surface area contributed by atoms with Crippen LogP contribution in [0.15, 0.2) is 24.3 Å². The molecule has 0 spiro atoms. The summed E-state index contributed by atoms with van der Waals surface area (Å²) in [5.74, 6) is 0.644. The first kappa shape index (κ1) is 16.8. The van der Waals surface area contributed by atoms with E-state index in [1.807, 2.05) is 26.0 Å². The number of carbonyl (C=O) groups excluding carboxylic acids is 1. The van der Waals surface area contributed by atoms with Gasteiger partial charge in [-0.25, -0.2) is 4.68 Å². The Balaban J connectivity index is 2.16. The van der Waals surface area contributed by atoms with Crippen LogP contribution in [0.1, 0.15) is 47.6 Å². The first-order chi connectivity index (χ1) is 10.4.